The van der Waals surface area contributed by atoms with Crippen molar-refractivity contribution in [2.24, 2.45) is 17.6 Å². The minimum Gasteiger partial charge on any atom is -0.496 e. The van der Waals surface area contributed by atoms with Gasteiger partial charge in [-0.2, -0.15) is 0 Å². The van der Waals surface area contributed by atoms with Crippen molar-refractivity contribution in [3.8, 4) is 17.1 Å². The number of carbonyl (C=O) groups is 1. The highest BCUT2D eigenvalue weighted by Crippen LogP contribution is 2.44. The van der Waals surface area contributed by atoms with E-state index in [9.17, 15) is 9.90 Å². The Morgan fingerprint density at radius 2 is 2.00 bits per heavy atom. The molecule has 0 radical (unpaired) electrons. The third-order valence-corrected chi connectivity index (χ3v) is 8.62. The lowest BCUT2D eigenvalue weighted by atomic mass is 9.98. The number of aromatic nitrogens is 3. The number of aliphatic hydroxyl groups excluding tert-OH is 1. The molecule has 1 aliphatic heterocycles. The lowest BCUT2D eigenvalue weighted by molar-refractivity contribution is 0.0780. The predicted octanol–water partition coefficient (Wildman–Crippen LogP) is 3.24. The highest BCUT2D eigenvalue weighted by atomic mass is 35.5. The summed E-state index contributed by atoms with van der Waals surface area (Å²) in [7, 11) is 1.66. The molecule has 1 saturated carbocycles. The lowest BCUT2D eigenvalue weighted by Gasteiger charge is -2.35. The van der Waals surface area contributed by atoms with Crippen LogP contribution in [0.2, 0.25) is 5.02 Å². The first kappa shape index (κ1) is 27.8. The van der Waals surface area contributed by atoms with Crippen molar-refractivity contribution in [3.05, 3.63) is 47.1 Å². The Morgan fingerprint density at radius 3 is 2.73 bits per heavy atom. The standard InChI is InChI=1S/C29H36ClN7O4/c1-16(38)14-36-7-9-37(10-8-36)15-17-3-6-20(22(11-17)40-2)27-34-25-24(21(30)13-32-28(25)35-27)33-23-18-4-5-19(12-18)26(23)41-29(31)39/h3-6,11,13,16,18-19,23,26,38H,7-10,12,14-15H2,1-2H3,(H2,31,39)(H2,32,33,34,35)/t16-,18+,19-,23-,26+/m1/s1. The fraction of sp³-hybridized carbons (Fsp3) is 0.483. The molecular formula is C29H36ClN7O4. The van der Waals surface area contributed by atoms with Crippen LogP contribution in [0.25, 0.3) is 22.6 Å². The number of methoxy groups -OCH3 is 1. The molecule has 2 fully saturated rings. The van der Waals surface area contributed by atoms with Gasteiger partial charge >= 0.3 is 6.09 Å². The van der Waals surface area contributed by atoms with Gasteiger partial charge in [0.1, 0.15) is 23.2 Å². The summed E-state index contributed by atoms with van der Waals surface area (Å²) >= 11 is 6.62. The maximum atomic E-state index is 11.6. The van der Waals surface area contributed by atoms with Crippen molar-refractivity contribution < 1.29 is 19.4 Å². The molecular weight excluding hydrogens is 546 g/mol. The van der Waals surface area contributed by atoms with Crippen LogP contribution >= 0.6 is 11.6 Å². The van der Waals surface area contributed by atoms with E-state index in [1.807, 2.05) is 13.0 Å². The number of carbonyl (C=O) groups excluding carboxylic acids is 1. The second kappa shape index (κ2) is 11.5. The van der Waals surface area contributed by atoms with Gasteiger partial charge in [-0.25, -0.2) is 14.8 Å². The summed E-state index contributed by atoms with van der Waals surface area (Å²) in [6.07, 6.45) is 5.22. The number of rotatable bonds is 9. The number of piperazine rings is 1. The number of aromatic amines is 1. The van der Waals surface area contributed by atoms with Gasteiger partial charge in [-0.1, -0.05) is 29.8 Å². The maximum Gasteiger partial charge on any atom is 0.404 e. The number of amides is 1. The molecule has 3 aromatic rings. The third-order valence-electron chi connectivity index (χ3n) is 8.33. The molecule has 12 heteroatoms. The minimum atomic E-state index is -0.787. The van der Waals surface area contributed by atoms with Crippen LogP contribution in [0.3, 0.4) is 0 Å². The van der Waals surface area contributed by atoms with E-state index in [2.05, 4.69) is 49.4 Å². The zero-order valence-electron chi connectivity index (χ0n) is 23.2. The van der Waals surface area contributed by atoms with E-state index >= 15 is 0 Å². The zero-order chi connectivity index (χ0) is 28.7. The highest BCUT2D eigenvalue weighted by molar-refractivity contribution is 6.34. The van der Waals surface area contributed by atoms with Crippen LogP contribution < -0.4 is 15.8 Å². The number of primary amides is 1. The van der Waals surface area contributed by atoms with Crippen molar-refractivity contribution in [3.63, 3.8) is 0 Å². The number of fused-ring (bicyclic) bond motifs is 3. The Bertz CT molecular complexity index is 1450. The number of ether oxygens (including phenoxy) is 2. The molecule has 6 rings (SSSR count). The van der Waals surface area contributed by atoms with Crippen LogP contribution in [0, 0.1) is 11.8 Å². The molecule has 11 nitrogen and oxygen atoms in total. The largest absolute Gasteiger partial charge is 0.496 e. The molecule has 218 valence electrons. The maximum absolute atomic E-state index is 11.6. The topological polar surface area (TPSA) is 142 Å². The van der Waals surface area contributed by atoms with Gasteiger partial charge in [0.2, 0.25) is 0 Å². The number of H-pyrrole nitrogens is 1. The molecule has 1 amide bonds. The number of hydrogen-bond acceptors (Lipinski definition) is 9. The van der Waals surface area contributed by atoms with E-state index in [0.29, 0.717) is 40.0 Å². The smallest absolute Gasteiger partial charge is 0.404 e. The first-order valence-electron chi connectivity index (χ1n) is 14.0. The van der Waals surface area contributed by atoms with Crippen LogP contribution in [-0.2, 0) is 11.3 Å². The van der Waals surface area contributed by atoms with E-state index in [1.165, 1.54) is 0 Å². The summed E-state index contributed by atoms with van der Waals surface area (Å²) in [5.41, 5.74) is 9.15. The lowest BCUT2D eigenvalue weighted by Crippen LogP contribution is -2.47. The number of pyridine rings is 1. The van der Waals surface area contributed by atoms with Crippen LogP contribution in [0.5, 0.6) is 5.75 Å². The molecule has 5 atom stereocenters. The number of benzene rings is 1. The van der Waals surface area contributed by atoms with E-state index in [1.54, 1.807) is 13.3 Å². The molecule has 2 bridgehead atoms. The number of hydrogen-bond donors (Lipinski definition) is 4. The predicted molar refractivity (Wildman–Crippen MR) is 157 cm³/mol. The van der Waals surface area contributed by atoms with Gasteiger partial charge in [0.25, 0.3) is 0 Å². The average Bonchev–Trinajstić information content (AvgIpc) is 3.67. The summed E-state index contributed by atoms with van der Waals surface area (Å²) in [5, 5.41) is 13.6. The molecule has 5 N–H and O–H groups in total. The number of imidazole rings is 1. The van der Waals surface area contributed by atoms with Crippen molar-refractivity contribution in [1.82, 2.24) is 24.8 Å². The first-order chi connectivity index (χ1) is 19.8. The van der Waals surface area contributed by atoms with Crippen LogP contribution in [-0.4, -0.2) is 94.0 Å². The molecule has 2 aliphatic carbocycles. The van der Waals surface area contributed by atoms with Gasteiger partial charge in [0.05, 0.1) is 41.7 Å². The van der Waals surface area contributed by atoms with Gasteiger partial charge < -0.3 is 30.6 Å². The van der Waals surface area contributed by atoms with Crippen LogP contribution in [0.15, 0.2) is 36.5 Å². The number of nitrogens with one attached hydrogen (secondary N) is 2. The number of nitrogens with two attached hydrogens (primary N) is 1. The fourth-order valence-corrected chi connectivity index (χ4v) is 6.61. The normalized spacial score (nSPS) is 25.1. The van der Waals surface area contributed by atoms with Gasteiger partial charge in [0.15, 0.2) is 5.65 Å². The van der Waals surface area contributed by atoms with E-state index in [0.717, 1.165) is 50.3 Å². The number of anilines is 1. The van der Waals surface area contributed by atoms with Gasteiger partial charge in [-0.15, -0.1) is 0 Å². The van der Waals surface area contributed by atoms with Gasteiger partial charge in [-0.05, 0) is 31.0 Å². The second-order valence-corrected chi connectivity index (χ2v) is 11.7. The molecule has 0 unspecified atom stereocenters. The molecule has 41 heavy (non-hydrogen) atoms. The first-order valence-corrected chi connectivity index (χ1v) is 14.4. The zero-order valence-corrected chi connectivity index (χ0v) is 24.0. The number of halogens is 1. The average molecular weight is 582 g/mol. The van der Waals surface area contributed by atoms with Crippen molar-refractivity contribution >= 4 is 34.5 Å². The Hall–Kier alpha value is -3.38. The quantitative estimate of drug-likeness (QED) is 0.280. The van der Waals surface area contributed by atoms with Crippen LogP contribution in [0.4, 0.5) is 10.5 Å². The summed E-state index contributed by atoms with van der Waals surface area (Å²) in [6.45, 7) is 7.15. The Morgan fingerprint density at radius 1 is 1.24 bits per heavy atom. The Balaban J connectivity index is 1.22. The fourth-order valence-electron chi connectivity index (χ4n) is 6.41. The molecule has 0 spiro atoms. The summed E-state index contributed by atoms with van der Waals surface area (Å²) < 4.78 is 11.3. The highest BCUT2D eigenvalue weighted by Gasteiger charge is 2.47. The monoisotopic (exact) mass is 581 g/mol. The summed E-state index contributed by atoms with van der Waals surface area (Å²) in [6, 6.07) is 5.99. The molecule has 1 aromatic carbocycles. The number of aliphatic hydroxyl groups is 1. The van der Waals surface area contributed by atoms with E-state index < -0.39 is 6.09 Å². The summed E-state index contributed by atoms with van der Waals surface area (Å²) in [4.78, 5) is 29.0. The summed E-state index contributed by atoms with van der Waals surface area (Å²) in [5.74, 6) is 1.64. The van der Waals surface area contributed by atoms with Crippen molar-refractivity contribution in [1.29, 1.82) is 0 Å². The minimum absolute atomic E-state index is 0.117. The Kier molecular flexibility index (Phi) is 7.78. The molecule has 3 heterocycles. The second-order valence-electron chi connectivity index (χ2n) is 11.2. The van der Waals surface area contributed by atoms with Gasteiger partial charge in [0, 0.05) is 51.1 Å². The van der Waals surface area contributed by atoms with Gasteiger partial charge in [-0.3, -0.25) is 9.80 Å². The van der Waals surface area contributed by atoms with Crippen LogP contribution in [0.1, 0.15) is 18.9 Å². The number of β-amino-alcohol motifs (C(OH)–C–C–N with tert-alkyl or cyclic N) is 1. The Labute approximate surface area is 243 Å². The third kappa shape index (κ3) is 5.72. The SMILES string of the molecule is COc1cc(CN2CCN(C[C@@H](C)O)CC2)ccc1-c1nc2c(N[C@H]3[C@@H](OC(N)=O)[C@@H]4C=C[C@H]3C4)c(Cl)cnc2[nH]1. The van der Waals surface area contributed by atoms with E-state index in [-0.39, 0.29) is 30.1 Å². The molecule has 2 aromatic heterocycles. The number of nitrogens with zero attached hydrogens (tertiary/aromatic N) is 4. The van der Waals surface area contributed by atoms with Crippen molar-refractivity contribution in [2.45, 2.75) is 38.1 Å². The van der Waals surface area contributed by atoms with E-state index in [4.69, 9.17) is 31.8 Å². The molecule has 1 saturated heterocycles. The molecule has 3 aliphatic rings. The van der Waals surface area contributed by atoms with Crippen molar-refractivity contribution in [2.75, 3.05) is 45.2 Å².